The van der Waals surface area contributed by atoms with Crippen molar-refractivity contribution in [2.75, 3.05) is 13.2 Å². The van der Waals surface area contributed by atoms with E-state index in [9.17, 15) is 4.79 Å². The van der Waals surface area contributed by atoms with E-state index in [1.165, 1.54) is 12.8 Å². The minimum Gasteiger partial charge on any atom is -0.465 e. The summed E-state index contributed by atoms with van der Waals surface area (Å²) in [5.74, 6) is 0.526. The lowest BCUT2D eigenvalue weighted by molar-refractivity contribution is -0.148. The van der Waals surface area contributed by atoms with Crippen LogP contribution in [-0.4, -0.2) is 37.4 Å². The van der Waals surface area contributed by atoms with Crippen LogP contribution >= 0.6 is 0 Å². The minimum atomic E-state index is -0.350. The first-order chi connectivity index (χ1) is 9.02. The number of carbonyl (C=O) groups is 1. The number of hydrogen-bond acceptors (Lipinski definition) is 4. The zero-order valence-corrected chi connectivity index (χ0v) is 12.8. The van der Waals surface area contributed by atoms with Crippen molar-refractivity contribution in [3.63, 3.8) is 0 Å². The van der Waals surface area contributed by atoms with Crippen LogP contribution in [0.1, 0.15) is 53.4 Å². The lowest BCUT2D eigenvalue weighted by Gasteiger charge is -2.28. The number of ether oxygens (including phenoxy) is 2. The summed E-state index contributed by atoms with van der Waals surface area (Å²) in [6.45, 7) is 8.96. The van der Waals surface area contributed by atoms with Crippen molar-refractivity contribution in [3.05, 3.63) is 0 Å². The van der Waals surface area contributed by atoms with Crippen LogP contribution in [-0.2, 0) is 14.3 Å². The highest BCUT2D eigenvalue weighted by molar-refractivity contribution is 5.75. The SMILES string of the molecule is CCOC(=O)C(COC1CCCC(C)C1)NC(C)C. The zero-order chi connectivity index (χ0) is 14.3. The number of carbonyl (C=O) groups excluding carboxylic acids is 1. The van der Waals surface area contributed by atoms with Crippen LogP contribution in [0, 0.1) is 5.92 Å². The van der Waals surface area contributed by atoms with Gasteiger partial charge < -0.3 is 14.8 Å². The van der Waals surface area contributed by atoms with E-state index in [0.29, 0.717) is 19.3 Å². The molecule has 0 spiro atoms. The largest absolute Gasteiger partial charge is 0.465 e. The van der Waals surface area contributed by atoms with Crippen molar-refractivity contribution < 1.29 is 14.3 Å². The standard InChI is InChI=1S/C15H29NO3/c1-5-18-15(17)14(16-11(2)3)10-19-13-8-6-7-12(4)9-13/h11-14,16H,5-10H2,1-4H3. The maximum atomic E-state index is 11.9. The predicted molar refractivity (Wildman–Crippen MR) is 76.1 cm³/mol. The third kappa shape index (κ3) is 6.39. The van der Waals surface area contributed by atoms with Gasteiger partial charge in [-0.25, -0.2) is 0 Å². The normalized spacial score (nSPS) is 25.3. The molecule has 1 fully saturated rings. The van der Waals surface area contributed by atoms with Crippen LogP contribution < -0.4 is 5.32 Å². The molecule has 0 amide bonds. The van der Waals surface area contributed by atoms with Gasteiger partial charge in [-0.3, -0.25) is 4.79 Å². The van der Waals surface area contributed by atoms with E-state index in [-0.39, 0.29) is 18.1 Å². The second kappa shape index (κ2) is 8.54. The summed E-state index contributed by atoms with van der Waals surface area (Å²) in [5, 5.41) is 3.22. The lowest BCUT2D eigenvalue weighted by atomic mass is 9.89. The van der Waals surface area contributed by atoms with Crippen molar-refractivity contribution in [1.82, 2.24) is 5.32 Å². The van der Waals surface area contributed by atoms with E-state index < -0.39 is 0 Å². The summed E-state index contributed by atoms with van der Waals surface area (Å²) in [6, 6.07) is -0.111. The molecular weight excluding hydrogens is 242 g/mol. The lowest BCUT2D eigenvalue weighted by Crippen LogP contribution is -2.46. The molecular formula is C15H29NO3. The summed E-state index contributed by atoms with van der Waals surface area (Å²) in [6.07, 6.45) is 5.05. The Hall–Kier alpha value is -0.610. The molecule has 0 aromatic rings. The fourth-order valence-corrected chi connectivity index (χ4v) is 2.59. The first-order valence-electron chi connectivity index (χ1n) is 7.57. The molecule has 0 saturated heterocycles. The van der Waals surface area contributed by atoms with E-state index >= 15 is 0 Å². The zero-order valence-electron chi connectivity index (χ0n) is 12.8. The van der Waals surface area contributed by atoms with Crippen molar-refractivity contribution in [3.8, 4) is 0 Å². The highest BCUT2D eigenvalue weighted by Gasteiger charge is 2.24. The van der Waals surface area contributed by atoms with Gasteiger partial charge in [0, 0.05) is 6.04 Å². The number of nitrogens with one attached hydrogen (secondary N) is 1. The number of esters is 1. The van der Waals surface area contributed by atoms with E-state index in [1.54, 1.807) is 0 Å². The van der Waals surface area contributed by atoms with Gasteiger partial charge in [-0.05, 0) is 25.7 Å². The molecule has 19 heavy (non-hydrogen) atoms. The Morgan fingerprint density at radius 3 is 2.68 bits per heavy atom. The van der Waals surface area contributed by atoms with Crippen LogP contribution in [0.5, 0.6) is 0 Å². The monoisotopic (exact) mass is 271 g/mol. The Labute approximate surface area is 117 Å². The van der Waals surface area contributed by atoms with Gasteiger partial charge in [0.15, 0.2) is 0 Å². The molecule has 4 nitrogen and oxygen atoms in total. The van der Waals surface area contributed by atoms with Crippen LogP contribution in [0.25, 0.3) is 0 Å². The second-order valence-corrected chi connectivity index (χ2v) is 5.85. The van der Waals surface area contributed by atoms with Crippen molar-refractivity contribution in [2.45, 2.75) is 71.6 Å². The van der Waals surface area contributed by atoms with Crippen molar-refractivity contribution in [2.24, 2.45) is 5.92 Å². The molecule has 3 atom stereocenters. The molecule has 1 aliphatic carbocycles. The summed E-state index contributed by atoms with van der Waals surface area (Å²) < 4.78 is 11.0. The van der Waals surface area contributed by atoms with Crippen LogP contribution in [0.3, 0.4) is 0 Å². The minimum absolute atomic E-state index is 0.208. The quantitative estimate of drug-likeness (QED) is 0.723. The summed E-state index contributed by atoms with van der Waals surface area (Å²) in [7, 11) is 0. The van der Waals surface area contributed by atoms with Crippen molar-refractivity contribution in [1.29, 1.82) is 0 Å². The molecule has 0 radical (unpaired) electrons. The Morgan fingerprint density at radius 1 is 1.37 bits per heavy atom. The molecule has 0 aromatic heterocycles. The van der Waals surface area contributed by atoms with Gasteiger partial charge in [-0.1, -0.05) is 33.6 Å². The van der Waals surface area contributed by atoms with Gasteiger partial charge in [-0.15, -0.1) is 0 Å². The maximum Gasteiger partial charge on any atom is 0.325 e. The molecule has 1 N–H and O–H groups in total. The molecule has 112 valence electrons. The van der Waals surface area contributed by atoms with Gasteiger partial charge in [0.1, 0.15) is 6.04 Å². The highest BCUT2D eigenvalue weighted by Crippen LogP contribution is 2.25. The summed E-state index contributed by atoms with van der Waals surface area (Å²) in [5.41, 5.74) is 0. The third-order valence-corrected chi connectivity index (χ3v) is 3.49. The Morgan fingerprint density at radius 2 is 2.11 bits per heavy atom. The summed E-state index contributed by atoms with van der Waals surface area (Å²) >= 11 is 0. The van der Waals surface area contributed by atoms with E-state index in [4.69, 9.17) is 9.47 Å². The fraction of sp³-hybridized carbons (Fsp3) is 0.933. The topological polar surface area (TPSA) is 47.6 Å². The Bertz CT molecular complexity index is 268. The average Bonchev–Trinajstić information content (AvgIpc) is 2.34. The molecule has 3 unspecified atom stereocenters. The molecule has 0 aromatic carbocycles. The highest BCUT2D eigenvalue weighted by atomic mass is 16.5. The number of hydrogen-bond donors (Lipinski definition) is 1. The molecule has 0 heterocycles. The maximum absolute atomic E-state index is 11.9. The Kier molecular flexibility index (Phi) is 7.39. The molecule has 4 heteroatoms. The van der Waals surface area contributed by atoms with Gasteiger partial charge in [0.25, 0.3) is 0 Å². The molecule has 0 aliphatic heterocycles. The average molecular weight is 271 g/mol. The first kappa shape index (κ1) is 16.4. The first-order valence-corrected chi connectivity index (χ1v) is 7.57. The van der Waals surface area contributed by atoms with Gasteiger partial charge in [0.05, 0.1) is 19.3 Å². The smallest absolute Gasteiger partial charge is 0.325 e. The van der Waals surface area contributed by atoms with Crippen LogP contribution in [0.2, 0.25) is 0 Å². The van der Waals surface area contributed by atoms with Crippen LogP contribution in [0.15, 0.2) is 0 Å². The van der Waals surface area contributed by atoms with Crippen LogP contribution in [0.4, 0.5) is 0 Å². The predicted octanol–water partition coefficient (Wildman–Crippen LogP) is 2.51. The van der Waals surface area contributed by atoms with Gasteiger partial charge in [0.2, 0.25) is 0 Å². The van der Waals surface area contributed by atoms with E-state index in [0.717, 1.165) is 18.8 Å². The van der Waals surface area contributed by atoms with Gasteiger partial charge in [-0.2, -0.15) is 0 Å². The van der Waals surface area contributed by atoms with Gasteiger partial charge >= 0.3 is 5.97 Å². The summed E-state index contributed by atoms with van der Waals surface area (Å²) in [4.78, 5) is 11.9. The second-order valence-electron chi connectivity index (χ2n) is 5.85. The molecule has 1 rings (SSSR count). The molecule has 1 saturated carbocycles. The number of rotatable bonds is 7. The van der Waals surface area contributed by atoms with E-state index in [2.05, 4.69) is 12.2 Å². The molecule has 1 aliphatic rings. The molecule has 0 bridgehead atoms. The van der Waals surface area contributed by atoms with Crippen molar-refractivity contribution >= 4 is 5.97 Å². The third-order valence-electron chi connectivity index (χ3n) is 3.49. The van der Waals surface area contributed by atoms with E-state index in [1.807, 2.05) is 20.8 Å². The fourth-order valence-electron chi connectivity index (χ4n) is 2.59. The Balaban J connectivity index is 2.40.